The molecule has 6 rings (SSSR count). The van der Waals surface area contributed by atoms with Gasteiger partial charge in [-0.1, -0.05) is 11.6 Å². The van der Waals surface area contributed by atoms with Crippen molar-refractivity contribution in [1.82, 2.24) is 10.6 Å². The van der Waals surface area contributed by atoms with Crippen LogP contribution in [0.3, 0.4) is 0 Å². The summed E-state index contributed by atoms with van der Waals surface area (Å²) in [5.41, 5.74) is 0.895. The first-order valence-corrected chi connectivity index (χ1v) is 10.8. The fourth-order valence-electron chi connectivity index (χ4n) is 5.55. The number of carbonyl (C=O) groups excluding carboxylic acids is 2. The van der Waals surface area contributed by atoms with Gasteiger partial charge in [0.15, 0.2) is 6.10 Å². The second-order valence-electron chi connectivity index (χ2n) is 9.82. The monoisotopic (exact) mass is 454 g/mol. The number of hydrogen-bond acceptors (Lipinski definition) is 5. The molecule has 1 aromatic carbocycles. The molecule has 0 spiro atoms. The van der Waals surface area contributed by atoms with Crippen molar-refractivity contribution >= 4 is 11.8 Å². The third-order valence-electron chi connectivity index (χ3n) is 7.10. The summed E-state index contributed by atoms with van der Waals surface area (Å²) in [7, 11) is 0. The molecule has 2 amide bonds. The van der Waals surface area contributed by atoms with Gasteiger partial charge in [0, 0.05) is 29.0 Å². The lowest BCUT2D eigenvalue weighted by atomic mass is 9.44. The third-order valence-corrected chi connectivity index (χ3v) is 7.10. The predicted octanol–water partition coefficient (Wildman–Crippen LogP) is 2.40. The molecular weight excluding hydrogens is 429 g/mol. The Labute approximate surface area is 182 Å². The number of ether oxygens (including phenoxy) is 2. The van der Waals surface area contributed by atoms with Gasteiger partial charge in [0.25, 0.3) is 5.91 Å². The van der Waals surface area contributed by atoms with Crippen LogP contribution in [0, 0.1) is 12.8 Å². The lowest BCUT2D eigenvalue weighted by molar-refractivity contribution is -0.353. The average molecular weight is 454 g/mol. The van der Waals surface area contributed by atoms with Crippen molar-refractivity contribution in [2.45, 2.75) is 81.2 Å². The highest BCUT2D eigenvalue weighted by Crippen LogP contribution is 2.60. The van der Waals surface area contributed by atoms with E-state index in [-0.39, 0.29) is 31.1 Å². The van der Waals surface area contributed by atoms with E-state index in [2.05, 4.69) is 15.4 Å². The number of carbonyl (C=O) groups is 2. The molecule has 32 heavy (non-hydrogen) atoms. The van der Waals surface area contributed by atoms with Crippen molar-refractivity contribution < 1.29 is 37.3 Å². The van der Waals surface area contributed by atoms with E-state index in [1.165, 1.54) is 0 Å². The zero-order valence-corrected chi connectivity index (χ0v) is 17.5. The van der Waals surface area contributed by atoms with Gasteiger partial charge in [0.05, 0.1) is 12.2 Å². The van der Waals surface area contributed by atoms with Crippen LogP contribution in [0.1, 0.15) is 55.8 Å². The maximum absolute atomic E-state index is 12.8. The predicted molar refractivity (Wildman–Crippen MR) is 104 cm³/mol. The Bertz CT molecular complexity index is 940. The number of benzene rings is 1. The SMILES string of the molecule is Cc1ccc2c(c1)[C@H](O)C[C@H](C(=O)NC13CC(NC(=O)C4CC(OC(F)(F)F)C4)(C1)C3)O2. The summed E-state index contributed by atoms with van der Waals surface area (Å²) in [6, 6.07) is 5.46. The van der Waals surface area contributed by atoms with Gasteiger partial charge in [0.1, 0.15) is 5.75 Å². The van der Waals surface area contributed by atoms with E-state index in [4.69, 9.17) is 4.74 Å². The molecular formula is C22H25F3N2O5. The number of aryl methyl sites for hydroxylation is 1. The molecule has 1 heterocycles. The van der Waals surface area contributed by atoms with Crippen LogP contribution in [0.15, 0.2) is 18.2 Å². The Morgan fingerprint density at radius 1 is 1.09 bits per heavy atom. The molecule has 174 valence electrons. The standard InChI is InChI=1S/C22H25F3N2O5/c1-11-2-3-16-14(4-11)15(28)7-17(31-16)19(30)27-21-8-20(9-21,10-21)26-18(29)12-5-13(6-12)32-22(23,24)25/h2-4,12-13,15,17,28H,5-10H2,1H3,(H,26,29)(H,27,30)/t12?,13?,15-,17-,20?,21?/m1/s1. The van der Waals surface area contributed by atoms with Gasteiger partial charge >= 0.3 is 6.36 Å². The lowest BCUT2D eigenvalue weighted by Gasteiger charge is -2.70. The van der Waals surface area contributed by atoms with E-state index in [0.29, 0.717) is 30.6 Å². The minimum Gasteiger partial charge on any atom is -0.480 e. The van der Waals surface area contributed by atoms with Gasteiger partial charge in [-0.05, 0) is 51.2 Å². The maximum Gasteiger partial charge on any atom is 0.522 e. The van der Waals surface area contributed by atoms with Crippen molar-refractivity contribution in [3.8, 4) is 5.75 Å². The van der Waals surface area contributed by atoms with Crippen LogP contribution in [0.4, 0.5) is 13.2 Å². The molecule has 4 aliphatic carbocycles. The van der Waals surface area contributed by atoms with Crippen LogP contribution in [0.2, 0.25) is 0 Å². The number of nitrogens with one attached hydrogen (secondary N) is 2. The molecule has 10 heteroatoms. The summed E-state index contributed by atoms with van der Waals surface area (Å²) < 4.78 is 46.4. The van der Waals surface area contributed by atoms with E-state index in [0.717, 1.165) is 5.56 Å². The average Bonchev–Trinajstić information content (AvgIpc) is 2.61. The van der Waals surface area contributed by atoms with Gasteiger partial charge in [-0.3, -0.25) is 14.3 Å². The lowest BCUT2D eigenvalue weighted by Crippen LogP contribution is -2.84. The maximum atomic E-state index is 12.8. The van der Waals surface area contributed by atoms with Gasteiger partial charge in [0.2, 0.25) is 5.91 Å². The molecule has 0 unspecified atom stereocenters. The molecule has 4 saturated carbocycles. The van der Waals surface area contributed by atoms with Crippen LogP contribution in [0.5, 0.6) is 5.75 Å². The molecule has 2 atom stereocenters. The minimum atomic E-state index is -4.68. The number of hydrogen-bond donors (Lipinski definition) is 3. The Morgan fingerprint density at radius 3 is 2.34 bits per heavy atom. The van der Waals surface area contributed by atoms with Crippen molar-refractivity contribution in [2.75, 3.05) is 0 Å². The molecule has 4 fully saturated rings. The van der Waals surface area contributed by atoms with Crippen LogP contribution < -0.4 is 15.4 Å². The fraction of sp³-hybridized carbons (Fsp3) is 0.636. The van der Waals surface area contributed by atoms with Crippen molar-refractivity contribution in [1.29, 1.82) is 0 Å². The van der Waals surface area contributed by atoms with Gasteiger partial charge in [-0.2, -0.15) is 0 Å². The zero-order chi connectivity index (χ0) is 22.9. The Kier molecular flexibility index (Phi) is 4.76. The van der Waals surface area contributed by atoms with Crippen molar-refractivity contribution in [3.05, 3.63) is 29.3 Å². The fourth-order valence-corrected chi connectivity index (χ4v) is 5.55. The summed E-state index contributed by atoms with van der Waals surface area (Å²) in [5.74, 6) is -0.509. The third kappa shape index (κ3) is 3.83. The van der Waals surface area contributed by atoms with E-state index in [1.54, 1.807) is 6.07 Å². The first-order chi connectivity index (χ1) is 14.9. The Morgan fingerprint density at radius 2 is 1.72 bits per heavy atom. The molecule has 1 aliphatic heterocycles. The highest BCUT2D eigenvalue weighted by Gasteiger charge is 2.69. The quantitative estimate of drug-likeness (QED) is 0.635. The zero-order valence-electron chi connectivity index (χ0n) is 17.5. The summed E-state index contributed by atoms with van der Waals surface area (Å²) >= 11 is 0. The first kappa shape index (κ1) is 21.5. The van der Waals surface area contributed by atoms with E-state index < -0.39 is 41.7 Å². The topological polar surface area (TPSA) is 96.9 Å². The number of rotatable bonds is 5. The van der Waals surface area contributed by atoms with Gasteiger partial charge in [-0.25, -0.2) is 0 Å². The molecule has 5 aliphatic rings. The van der Waals surface area contributed by atoms with E-state index >= 15 is 0 Å². The van der Waals surface area contributed by atoms with Crippen molar-refractivity contribution in [3.63, 3.8) is 0 Å². The number of aliphatic hydroxyl groups is 1. The van der Waals surface area contributed by atoms with Crippen LogP contribution in [-0.4, -0.2) is 46.6 Å². The van der Waals surface area contributed by atoms with Gasteiger partial charge < -0.3 is 20.5 Å². The highest BCUT2D eigenvalue weighted by atomic mass is 19.4. The normalized spacial score (nSPS) is 37.0. The molecule has 0 radical (unpaired) electrons. The second-order valence-corrected chi connectivity index (χ2v) is 9.82. The van der Waals surface area contributed by atoms with Crippen LogP contribution >= 0.6 is 0 Å². The minimum absolute atomic E-state index is 0.0612. The van der Waals surface area contributed by atoms with Gasteiger partial charge in [-0.15, -0.1) is 13.2 Å². The molecule has 1 aromatic rings. The smallest absolute Gasteiger partial charge is 0.480 e. The van der Waals surface area contributed by atoms with E-state index in [1.807, 2.05) is 19.1 Å². The first-order valence-electron chi connectivity index (χ1n) is 10.8. The molecule has 2 bridgehead atoms. The summed E-state index contributed by atoms with van der Waals surface area (Å²) in [6.45, 7) is 1.92. The summed E-state index contributed by atoms with van der Waals surface area (Å²) in [6.07, 6.45) is -5.16. The van der Waals surface area contributed by atoms with Crippen LogP contribution in [-0.2, 0) is 14.3 Å². The largest absolute Gasteiger partial charge is 0.522 e. The summed E-state index contributed by atoms with van der Waals surface area (Å²) in [4.78, 5) is 25.1. The Balaban J connectivity index is 1.09. The number of halogens is 3. The number of aliphatic hydroxyl groups excluding tert-OH is 1. The second kappa shape index (κ2) is 7.08. The number of alkyl halides is 3. The number of amides is 2. The Hall–Kier alpha value is -2.33. The highest BCUT2D eigenvalue weighted by molar-refractivity contribution is 5.84. The van der Waals surface area contributed by atoms with E-state index in [9.17, 15) is 27.9 Å². The van der Waals surface area contributed by atoms with Crippen molar-refractivity contribution in [2.24, 2.45) is 5.92 Å². The molecule has 0 aromatic heterocycles. The molecule has 3 N–H and O–H groups in total. The molecule has 0 saturated heterocycles. The number of fused-ring (bicyclic) bond motifs is 1. The van der Waals surface area contributed by atoms with Crippen LogP contribution in [0.25, 0.3) is 0 Å². The summed E-state index contributed by atoms with van der Waals surface area (Å²) in [5, 5.41) is 16.4. The molecule has 7 nitrogen and oxygen atoms in total.